The molecule has 39 heavy (non-hydrogen) atoms. The number of nitrogens with zero attached hydrogens (tertiary/aromatic N) is 4. The molecule has 4 aromatic rings. The fourth-order valence-corrected chi connectivity index (χ4v) is 4.89. The van der Waals surface area contributed by atoms with E-state index >= 15 is 0 Å². The van der Waals surface area contributed by atoms with Crippen LogP contribution in [0.3, 0.4) is 0 Å². The monoisotopic (exact) mass is 585 g/mol. The maximum Gasteiger partial charge on any atom is 0.295 e. The first-order valence-electron chi connectivity index (χ1n) is 10.6. The minimum Gasteiger partial charge on any atom is -0.399 e. The SMILES string of the molecule is Cc1cc(N)ccc1N=Nc1ccc(N=Nc2ccc3cc(S(=O)(=O)O)cc(S(=O)(=O)O)c3c2)c(C)c1.[Na].[Na]. The molecule has 0 bridgehead atoms. The van der Waals surface area contributed by atoms with E-state index in [4.69, 9.17) is 5.73 Å². The molecule has 0 spiro atoms. The minimum atomic E-state index is -4.81. The van der Waals surface area contributed by atoms with Gasteiger partial charge in [-0.25, -0.2) is 0 Å². The molecule has 4 rings (SSSR count). The standard InChI is InChI=1S/C24H21N5O6S2.2Na/c1-14-9-17(25)4-7-22(14)28-26-18-6-8-23(15(2)10-18)29-27-19-5-3-16-11-20(36(30,31)32)13-24(21(16)12-19)37(33,34)35;;/h3-13H,25H2,1-2H3,(H,30,31,32)(H,33,34,35);;. The first-order valence-corrected chi connectivity index (χ1v) is 13.5. The number of anilines is 1. The molecule has 4 aromatic carbocycles. The van der Waals surface area contributed by atoms with E-state index in [0.29, 0.717) is 28.8 Å². The molecule has 0 atom stereocenters. The molecule has 0 saturated carbocycles. The molecular formula is C24H21N5Na2O6S2. The first-order chi connectivity index (χ1) is 17.3. The number of benzene rings is 4. The summed E-state index contributed by atoms with van der Waals surface area (Å²) in [4.78, 5) is -1.35. The van der Waals surface area contributed by atoms with Crippen LogP contribution in [-0.4, -0.2) is 85.1 Å². The van der Waals surface area contributed by atoms with E-state index in [1.165, 1.54) is 18.2 Å². The molecule has 15 heteroatoms. The van der Waals surface area contributed by atoms with Crippen molar-refractivity contribution in [1.29, 1.82) is 0 Å². The van der Waals surface area contributed by atoms with Crippen molar-refractivity contribution in [3.8, 4) is 0 Å². The van der Waals surface area contributed by atoms with E-state index in [0.717, 1.165) is 17.2 Å². The molecule has 0 aliphatic heterocycles. The zero-order chi connectivity index (χ0) is 27.0. The smallest absolute Gasteiger partial charge is 0.295 e. The van der Waals surface area contributed by atoms with E-state index in [9.17, 15) is 25.9 Å². The largest absolute Gasteiger partial charge is 0.399 e. The van der Waals surface area contributed by atoms with E-state index in [2.05, 4.69) is 20.5 Å². The number of hydrogen-bond acceptors (Lipinski definition) is 9. The van der Waals surface area contributed by atoms with Crippen LogP contribution in [0, 0.1) is 13.8 Å². The van der Waals surface area contributed by atoms with Crippen LogP contribution in [-0.2, 0) is 20.2 Å². The van der Waals surface area contributed by atoms with Gasteiger partial charge in [-0.1, -0.05) is 6.07 Å². The summed E-state index contributed by atoms with van der Waals surface area (Å²) in [5, 5.41) is 17.0. The van der Waals surface area contributed by atoms with Crippen LogP contribution < -0.4 is 5.73 Å². The zero-order valence-electron chi connectivity index (χ0n) is 21.6. The van der Waals surface area contributed by atoms with Gasteiger partial charge in [0, 0.05) is 70.2 Å². The molecule has 0 aliphatic rings. The van der Waals surface area contributed by atoms with Crippen molar-refractivity contribution in [1.82, 2.24) is 0 Å². The van der Waals surface area contributed by atoms with E-state index in [-0.39, 0.29) is 75.6 Å². The second-order valence-corrected chi connectivity index (χ2v) is 11.0. The Morgan fingerprint density at radius 1 is 0.641 bits per heavy atom. The van der Waals surface area contributed by atoms with E-state index in [1.807, 2.05) is 19.9 Å². The summed E-state index contributed by atoms with van der Waals surface area (Å²) >= 11 is 0. The Hall–Kier alpha value is -2.04. The summed E-state index contributed by atoms with van der Waals surface area (Å²) in [6.45, 7) is 3.70. The second kappa shape index (κ2) is 13.1. The molecule has 11 nitrogen and oxygen atoms in total. The molecule has 0 unspecified atom stereocenters. The number of nitrogens with two attached hydrogens (primary N) is 1. The molecule has 0 heterocycles. The Morgan fingerprint density at radius 2 is 1.18 bits per heavy atom. The third-order valence-electron chi connectivity index (χ3n) is 5.40. The van der Waals surface area contributed by atoms with Crippen LogP contribution in [0.2, 0.25) is 0 Å². The summed E-state index contributed by atoms with van der Waals surface area (Å²) in [7, 11) is -9.51. The molecule has 0 saturated heterocycles. The topological polar surface area (TPSA) is 184 Å². The average molecular weight is 586 g/mol. The maximum atomic E-state index is 11.9. The summed E-state index contributed by atoms with van der Waals surface area (Å²) in [6, 6.07) is 16.5. The molecular weight excluding hydrogens is 564 g/mol. The predicted octanol–water partition coefficient (Wildman–Crippen LogP) is 5.60. The van der Waals surface area contributed by atoms with Crippen LogP contribution in [0.1, 0.15) is 11.1 Å². The van der Waals surface area contributed by atoms with Crippen LogP contribution in [0.5, 0.6) is 0 Å². The summed E-state index contributed by atoms with van der Waals surface area (Å²) < 4.78 is 65.7. The first kappa shape index (κ1) is 33.2. The van der Waals surface area contributed by atoms with Gasteiger partial charge >= 0.3 is 0 Å². The Bertz CT molecular complexity index is 1830. The van der Waals surface area contributed by atoms with Crippen molar-refractivity contribution >= 4 is 119 Å². The van der Waals surface area contributed by atoms with Crippen molar-refractivity contribution in [2.24, 2.45) is 20.5 Å². The summed E-state index contributed by atoms with van der Waals surface area (Å²) in [6.07, 6.45) is 0. The van der Waals surface area contributed by atoms with Gasteiger partial charge in [-0.3, -0.25) is 9.11 Å². The summed E-state index contributed by atoms with van der Waals surface area (Å²) in [5.74, 6) is 0. The van der Waals surface area contributed by atoms with E-state index < -0.39 is 30.0 Å². The van der Waals surface area contributed by atoms with Crippen molar-refractivity contribution in [3.05, 3.63) is 77.9 Å². The fourth-order valence-electron chi connectivity index (χ4n) is 3.54. The molecule has 2 radical (unpaired) electrons. The Balaban J connectivity index is 0.00000267. The van der Waals surface area contributed by atoms with Crippen molar-refractivity contribution in [3.63, 3.8) is 0 Å². The number of azo groups is 2. The van der Waals surface area contributed by atoms with Gasteiger partial charge in [-0.2, -0.15) is 37.3 Å². The van der Waals surface area contributed by atoms with Crippen molar-refractivity contribution < 1.29 is 25.9 Å². The summed E-state index contributed by atoms with van der Waals surface area (Å²) in [5.41, 5.74) is 10.1. The molecule has 4 N–H and O–H groups in total. The maximum absolute atomic E-state index is 11.9. The minimum absolute atomic E-state index is 0. The van der Waals surface area contributed by atoms with Gasteiger partial charge in [-0.15, -0.1) is 0 Å². The van der Waals surface area contributed by atoms with Gasteiger partial charge in [0.15, 0.2) is 0 Å². The number of fused-ring (bicyclic) bond motifs is 1. The fraction of sp³-hybridized carbons (Fsp3) is 0.0833. The zero-order valence-corrected chi connectivity index (χ0v) is 27.2. The Kier molecular flexibility index (Phi) is 11.1. The van der Waals surface area contributed by atoms with Gasteiger partial charge in [0.05, 0.1) is 27.6 Å². The van der Waals surface area contributed by atoms with Crippen molar-refractivity contribution in [2.45, 2.75) is 23.6 Å². The van der Waals surface area contributed by atoms with Crippen LogP contribution >= 0.6 is 0 Å². The average Bonchev–Trinajstić information content (AvgIpc) is 2.81. The molecule has 0 aromatic heterocycles. The van der Waals surface area contributed by atoms with Crippen LogP contribution in [0.15, 0.2) is 97.0 Å². The predicted molar refractivity (Wildman–Crippen MR) is 150 cm³/mol. The van der Waals surface area contributed by atoms with Crippen LogP contribution in [0.4, 0.5) is 28.4 Å². The number of nitrogen functional groups attached to an aromatic ring is 1. The van der Waals surface area contributed by atoms with Gasteiger partial charge in [0.25, 0.3) is 20.2 Å². The van der Waals surface area contributed by atoms with Gasteiger partial charge in [0.2, 0.25) is 0 Å². The van der Waals surface area contributed by atoms with E-state index in [1.54, 1.807) is 30.3 Å². The van der Waals surface area contributed by atoms with Gasteiger partial charge < -0.3 is 5.73 Å². The third-order valence-corrected chi connectivity index (χ3v) is 7.12. The van der Waals surface area contributed by atoms with Gasteiger partial charge in [-0.05, 0) is 91.0 Å². The normalized spacial score (nSPS) is 12.0. The Morgan fingerprint density at radius 3 is 1.72 bits per heavy atom. The Labute approximate surface area is 269 Å². The quantitative estimate of drug-likeness (QED) is 0.114. The van der Waals surface area contributed by atoms with Crippen molar-refractivity contribution in [2.75, 3.05) is 5.73 Å². The number of rotatable bonds is 6. The molecule has 192 valence electrons. The number of hydrogen-bond donors (Lipinski definition) is 3. The number of aryl methyl sites for hydroxylation is 2. The third kappa shape index (κ3) is 8.24. The van der Waals surface area contributed by atoms with Gasteiger partial charge in [0.1, 0.15) is 4.90 Å². The van der Waals surface area contributed by atoms with Crippen LogP contribution in [0.25, 0.3) is 10.8 Å². The molecule has 0 fully saturated rings. The second-order valence-electron chi connectivity index (χ2n) is 8.19. The molecule has 0 aliphatic carbocycles. The molecule has 0 amide bonds.